The minimum Gasteiger partial charge on any atom is -0.482 e. The number of anilines is 1. The zero-order valence-corrected chi connectivity index (χ0v) is 22.4. The van der Waals surface area contributed by atoms with Crippen LogP contribution in [0, 0.1) is 5.92 Å². The average Bonchev–Trinajstić information content (AvgIpc) is 2.88. The van der Waals surface area contributed by atoms with Gasteiger partial charge in [0.1, 0.15) is 12.3 Å². The second-order valence-electron chi connectivity index (χ2n) is 10.3. The van der Waals surface area contributed by atoms with E-state index in [2.05, 4.69) is 24.1 Å². The summed E-state index contributed by atoms with van der Waals surface area (Å²) in [7, 11) is -3.69. The molecule has 1 N–H and O–H groups in total. The third-order valence-corrected chi connectivity index (χ3v) is 9.61. The second kappa shape index (κ2) is 11.9. The molecule has 36 heavy (non-hydrogen) atoms. The van der Waals surface area contributed by atoms with E-state index in [0.717, 1.165) is 38.8 Å². The maximum atomic E-state index is 13.2. The molecule has 1 aromatic carbocycles. The van der Waals surface area contributed by atoms with Crippen molar-refractivity contribution in [3.05, 3.63) is 18.2 Å². The van der Waals surface area contributed by atoms with Crippen molar-refractivity contribution in [3.63, 3.8) is 0 Å². The van der Waals surface area contributed by atoms with Gasteiger partial charge >= 0.3 is 0 Å². The van der Waals surface area contributed by atoms with E-state index in [-0.39, 0.29) is 29.9 Å². The van der Waals surface area contributed by atoms with Gasteiger partial charge in [0.15, 0.2) is 6.61 Å². The molecule has 3 heterocycles. The summed E-state index contributed by atoms with van der Waals surface area (Å²) < 4.78 is 33.5. The summed E-state index contributed by atoms with van der Waals surface area (Å²) >= 11 is 0. The van der Waals surface area contributed by atoms with Crippen LogP contribution < -0.4 is 15.0 Å². The van der Waals surface area contributed by atoms with Gasteiger partial charge in [-0.25, -0.2) is 8.42 Å². The number of rotatable bonds is 9. The standard InChI is InChI=1S/C26H40N4O5S/c1-3-21-7-4-5-13-28(21)14-6-12-27-25(31)18-30-23-17-22(8-9-24(23)35-19-26(30)32)36(33,34)29-15-10-20(2)11-16-29/h8-9,17,20-21H,3-7,10-16,18-19H2,1-2H3,(H,27,31)/t21-/m1/s1. The second-order valence-corrected chi connectivity index (χ2v) is 12.2. The highest BCUT2D eigenvalue weighted by Gasteiger charge is 2.32. The normalized spacial score (nSPS) is 22.2. The number of piperidine rings is 2. The average molecular weight is 521 g/mol. The van der Waals surface area contributed by atoms with Crippen molar-refractivity contribution >= 4 is 27.5 Å². The van der Waals surface area contributed by atoms with Gasteiger partial charge in [-0.15, -0.1) is 0 Å². The number of hydrogen-bond acceptors (Lipinski definition) is 6. The van der Waals surface area contributed by atoms with Crippen molar-refractivity contribution < 1.29 is 22.7 Å². The summed E-state index contributed by atoms with van der Waals surface area (Å²) in [6.45, 7) is 7.60. The van der Waals surface area contributed by atoms with Crippen molar-refractivity contribution in [1.82, 2.24) is 14.5 Å². The van der Waals surface area contributed by atoms with Gasteiger partial charge in [0, 0.05) is 32.2 Å². The van der Waals surface area contributed by atoms with Gasteiger partial charge in [-0.1, -0.05) is 20.3 Å². The van der Waals surface area contributed by atoms with Gasteiger partial charge in [0.25, 0.3) is 5.91 Å². The summed E-state index contributed by atoms with van der Waals surface area (Å²) in [5, 5.41) is 2.93. The first-order valence-corrected chi connectivity index (χ1v) is 14.8. The number of nitrogens with one attached hydrogen (secondary N) is 1. The fourth-order valence-corrected chi connectivity index (χ4v) is 6.91. The van der Waals surface area contributed by atoms with Crippen LogP contribution in [0.5, 0.6) is 5.75 Å². The first-order valence-electron chi connectivity index (χ1n) is 13.4. The van der Waals surface area contributed by atoms with Crippen LogP contribution in [-0.2, 0) is 19.6 Å². The number of hydrogen-bond donors (Lipinski definition) is 1. The van der Waals surface area contributed by atoms with Gasteiger partial charge in [-0.05, 0) is 69.2 Å². The molecule has 0 radical (unpaired) electrons. The molecule has 0 aromatic heterocycles. The van der Waals surface area contributed by atoms with E-state index in [4.69, 9.17) is 4.74 Å². The molecule has 200 valence electrons. The smallest absolute Gasteiger partial charge is 0.265 e. The Bertz CT molecular complexity index is 1040. The van der Waals surface area contributed by atoms with Gasteiger partial charge in [-0.2, -0.15) is 4.31 Å². The lowest BCUT2D eigenvalue weighted by atomic mass is 10.00. The molecular formula is C26H40N4O5S. The van der Waals surface area contributed by atoms with Gasteiger partial charge in [0.2, 0.25) is 15.9 Å². The zero-order valence-electron chi connectivity index (χ0n) is 21.6. The lowest BCUT2D eigenvalue weighted by Gasteiger charge is -2.35. The van der Waals surface area contributed by atoms with E-state index >= 15 is 0 Å². The molecule has 0 spiro atoms. The van der Waals surface area contributed by atoms with Crippen molar-refractivity contribution in [1.29, 1.82) is 0 Å². The maximum absolute atomic E-state index is 13.2. The molecule has 2 saturated heterocycles. The Morgan fingerprint density at radius 3 is 2.67 bits per heavy atom. The highest BCUT2D eigenvalue weighted by Crippen LogP contribution is 2.35. The Morgan fingerprint density at radius 2 is 1.92 bits per heavy atom. The van der Waals surface area contributed by atoms with E-state index in [9.17, 15) is 18.0 Å². The summed E-state index contributed by atoms with van der Waals surface area (Å²) in [4.78, 5) is 29.3. The number of sulfonamides is 1. The lowest BCUT2D eigenvalue weighted by molar-refractivity contribution is -0.125. The topological polar surface area (TPSA) is 99.3 Å². The molecule has 10 heteroatoms. The van der Waals surface area contributed by atoms with Crippen LogP contribution in [0.1, 0.15) is 58.8 Å². The van der Waals surface area contributed by atoms with Crippen molar-refractivity contribution in [2.45, 2.75) is 69.7 Å². The number of fused-ring (bicyclic) bond motifs is 1. The Hall–Kier alpha value is -2.17. The maximum Gasteiger partial charge on any atom is 0.265 e. The molecular weight excluding hydrogens is 480 g/mol. The number of carbonyl (C=O) groups excluding carboxylic acids is 2. The Labute approximate surface area is 215 Å². The van der Waals surface area contributed by atoms with Gasteiger partial charge in [-0.3, -0.25) is 14.5 Å². The van der Waals surface area contributed by atoms with E-state index in [1.807, 2.05) is 0 Å². The predicted molar refractivity (Wildman–Crippen MR) is 139 cm³/mol. The fourth-order valence-electron chi connectivity index (χ4n) is 5.42. The van der Waals surface area contributed by atoms with Crippen LogP contribution in [0.15, 0.2) is 23.1 Å². The third kappa shape index (κ3) is 6.20. The van der Waals surface area contributed by atoms with Crippen molar-refractivity contribution in [2.24, 2.45) is 5.92 Å². The van der Waals surface area contributed by atoms with Crippen LogP contribution in [0.3, 0.4) is 0 Å². The first-order chi connectivity index (χ1) is 17.3. The predicted octanol–water partition coefficient (Wildman–Crippen LogP) is 2.60. The van der Waals surface area contributed by atoms with Crippen LogP contribution >= 0.6 is 0 Å². The molecule has 1 aromatic rings. The highest BCUT2D eigenvalue weighted by atomic mass is 32.2. The van der Waals surface area contributed by atoms with Crippen molar-refractivity contribution in [2.75, 3.05) is 50.8 Å². The fraction of sp³-hybridized carbons (Fsp3) is 0.692. The largest absolute Gasteiger partial charge is 0.482 e. The van der Waals surface area contributed by atoms with Crippen LogP contribution in [0.4, 0.5) is 5.69 Å². The minimum absolute atomic E-state index is 0.117. The molecule has 1 atom stereocenters. The summed E-state index contributed by atoms with van der Waals surface area (Å²) in [6.07, 6.45) is 7.43. The van der Waals surface area contributed by atoms with Gasteiger partial charge < -0.3 is 15.0 Å². The number of nitrogens with zero attached hydrogens (tertiary/aromatic N) is 3. The molecule has 9 nitrogen and oxygen atoms in total. The third-order valence-electron chi connectivity index (χ3n) is 7.72. The van der Waals surface area contributed by atoms with E-state index in [0.29, 0.717) is 43.0 Å². The molecule has 0 saturated carbocycles. The van der Waals surface area contributed by atoms with Crippen LogP contribution in [-0.4, -0.2) is 81.4 Å². The molecule has 0 unspecified atom stereocenters. The molecule has 3 aliphatic heterocycles. The highest BCUT2D eigenvalue weighted by molar-refractivity contribution is 7.89. The summed E-state index contributed by atoms with van der Waals surface area (Å²) in [5.74, 6) is 0.288. The van der Waals surface area contributed by atoms with Crippen LogP contribution in [0.25, 0.3) is 0 Å². The zero-order chi connectivity index (χ0) is 25.7. The number of benzene rings is 1. The number of amides is 2. The van der Waals surface area contributed by atoms with Crippen LogP contribution in [0.2, 0.25) is 0 Å². The summed E-state index contributed by atoms with van der Waals surface area (Å²) in [6, 6.07) is 5.20. The van der Waals surface area contributed by atoms with E-state index in [1.54, 1.807) is 6.07 Å². The molecule has 3 aliphatic rings. The quantitative estimate of drug-likeness (QED) is 0.503. The molecule has 2 fully saturated rings. The minimum atomic E-state index is -3.69. The Morgan fingerprint density at radius 1 is 1.14 bits per heavy atom. The number of likely N-dealkylation sites (tertiary alicyclic amines) is 1. The SMILES string of the molecule is CC[C@@H]1CCCCN1CCCNC(=O)CN1C(=O)COc2ccc(S(=O)(=O)N3CCC(C)CC3)cc21. The molecule has 4 rings (SSSR count). The Kier molecular flexibility index (Phi) is 8.90. The molecule has 0 bridgehead atoms. The van der Waals surface area contributed by atoms with E-state index in [1.165, 1.54) is 40.6 Å². The number of ether oxygens (including phenoxy) is 1. The van der Waals surface area contributed by atoms with Gasteiger partial charge in [0.05, 0.1) is 10.6 Å². The summed E-state index contributed by atoms with van der Waals surface area (Å²) in [5.41, 5.74) is 0.326. The first kappa shape index (κ1) is 26.9. The Balaban J connectivity index is 1.37. The lowest BCUT2D eigenvalue weighted by Crippen LogP contribution is -2.46. The van der Waals surface area contributed by atoms with E-state index < -0.39 is 10.0 Å². The van der Waals surface area contributed by atoms with Crippen molar-refractivity contribution in [3.8, 4) is 5.75 Å². The monoisotopic (exact) mass is 520 g/mol. The number of carbonyl (C=O) groups is 2. The molecule has 2 amide bonds. The molecule has 0 aliphatic carbocycles.